The first kappa shape index (κ1) is 10.1. The topological polar surface area (TPSA) is 0 Å². The van der Waals surface area contributed by atoms with Gasteiger partial charge in [-0.25, -0.2) is 0 Å². The summed E-state index contributed by atoms with van der Waals surface area (Å²) in [7, 11) is 0. The van der Waals surface area contributed by atoms with Gasteiger partial charge in [0, 0.05) is 0 Å². The van der Waals surface area contributed by atoms with E-state index in [1.54, 1.807) is 0 Å². The lowest BCUT2D eigenvalue weighted by atomic mass is 9.33. The Morgan fingerprint density at radius 2 is 1.60 bits per heavy atom. The summed E-state index contributed by atoms with van der Waals surface area (Å²) < 4.78 is 0. The predicted molar refractivity (Wildman–Crippen MR) is 51.0 cm³/mol. The highest BCUT2D eigenvalue weighted by Crippen LogP contribution is 2.25. The lowest BCUT2D eigenvalue weighted by Crippen LogP contribution is -2.20. The third kappa shape index (κ3) is 2.77. The second-order valence-corrected chi connectivity index (χ2v) is 3.70. The SMILES string of the molecule is CCB(C(C)C)C(C)CC. The smallest absolute Gasteiger partial charge is 0.0766 e. The zero-order chi connectivity index (χ0) is 8.15. The van der Waals surface area contributed by atoms with Gasteiger partial charge in [-0.15, -0.1) is 0 Å². The second-order valence-electron chi connectivity index (χ2n) is 3.70. The Bertz CT molecular complexity index is 78.8. The molecule has 10 heavy (non-hydrogen) atoms. The standard InChI is InChI=1S/C9H21B/c1-6-9(5)10(7-2)8(3)4/h8-9H,6-7H2,1-5H3. The fourth-order valence-corrected chi connectivity index (χ4v) is 1.83. The molecule has 0 fully saturated rings. The van der Waals surface area contributed by atoms with Gasteiger partial charge in [-0.1, -0.05) is 59.0 Å². The molecule has 0 spiro atoms. The summed E-state index contributed by atoms with van der Waals surface area (Å²) in [6, 6.07) is 0. The van der Waals surface area contributed by atoms with Crippen LogP contribution in [0.1, 0.15) is 41.0 Å². The van der Waals surface area contributed by atoms with Gasteiger partial charge in [0.1, 0.15) is 6.71 Å². The molecule has 0 rings (SSSR count). The van der Waals surface area contributed by atoms with Gasteiger partial charge in [-0.2, -0.15) is 0 Å². The van der Waals surface area contributed by atoms with E-state index in [0.717, 1.165) is 18.3 Å². The molecule has 1 atom stereocenters. The van der Waals surface area contributed by atoms with Crippen molar-refractivity contribution < 1.29 is 0 Å². The van der Waals surface area contributed by atoms with Gasteiger partial charge in [0.2, 0.25) is 0 Å². The van der Waals surface area contributed by atoms with Crippen LogP contribution in [0.5, 0.6) is 0 Å². The maximum atomic E-state index is 2.37. The van der Waals surface area contributed by atoms with Gasteiger partial charge >= 0.3 is 0 Å². The van der Waals surface area contributed by atoms with Gasteiger partial charge in [0.25, 0.3) is 0 Å². The van der Waals surface area contributed by atoms with Gasteiger partial charge in [-0.3, -0.25) is 0 Å². The molecule has 60 valence electrons. The van der Waals surface area contributed by atoms with Crippen LogP contribution < -0.4 is 0 Å². The first-order valence-electron chi connectivity index (χ1n) is 4.63. The van der Waals surface area contributed by atoms with Crippen molar-refractivity contribution in [2.45, 2.75) is 59.0 Å². The zero-order valence-electron chi connectivity index (χ0n) is 8.15. The van der Waals surface area contributed by atoms with E-state index in [0.29, 0.717) is 0 Å². The Kier molecular flexibility index (Phi) is 4.85. The number of hydrogen-bond acceptors (Lipinski definition) is 0. The molecule has 0 aromatic rings. The fraction of sp³-hybridized carbons (Fsp3) is 1.00. The molecule has 0 nitrogen and oxygen atoms in total. The highest BCUT2D eigenvalue weighted by molar-refractivity contribution is 6.61. The average molecular weight is 140 g/mol. The van der Waals surface area contributed by atoms with Crippen molar-refractivity contribution in [1.82, 2.24) is 0 Å². The maximum Gasteiger partial charge on any atom is 0.145 e. The van der Waals surface area contributed by atoms with E-state index >= 15 is 0 Å². The van der Waals surface area contributed by atoms with Crippen molar-refractivity contribution in [1.29, 1.82) is 0 Å². The molecule has 0 aromatic carbocycles. The summed E-state index contributed by atoms with van der Waals surface area (Å²) in [5.74, 6) is 1.77. The van der Waals surface area contributed by atoms with Crippen LogP contribution >= 0.6 is 0 Å². The molecular formula is C9H21B. The third-order valence-electron chi connectivity index (χ3n) is 2.70. The van der Waals surface area contributed by atoms with Gasteiger partial charge < -0.3 is 0 Å². The Morgan fingerprint density at radius 1 is 1.10 bits per heavy atom. The van der Waals surface area contributed by atoms with E-state index in [4.69, 9.17) is 0 Å². The molecule has 1 heteroatoms. The molecule has 0 heterocycles. The van der Waals surface area contributed by atoms with Crippen LogP contribution in [0, 0.1) is 0 Å². The summed E-state index contributed by atoms with van der Waals surface area (Å²) in [5.41, 5.74) is 0. The minimum atomic E-state index is 0.861. The van der Waals surface area contributed by atoms with Crippen LogP contribution in [-0.2, 0) is 0 Å². The van der Waals surface area contributed by atoms with Crippen LogP contribution in [0.15, 0.2) is 0 Å². The average Bonchev–Trinajstić information content (AvgIpc) is 1.88. The third-order valence-corrected chi connectivity index (χ3v) is 2.70. The first-order valence-corrected chi connectivity index (χ1v) is 4.63. The van der Waals surface area contributed by atoms with Crippen molar-refractivity contribution in [2.75, 3.05) is 0 Å². The largest absolute Gasteiger partial charge is 0.145 e. The van der Waals surface area contributed by atoms with E-state index in [9.17, 15) is 0 Å². The van der Waals surface area contributed by atoms with Crippen LogP contribution in [0.2, 0.25) is 18.0 Å². The van der Waals surface area contributed by atoms with Crippen molar-refractivity contribution in [3.8, 4) is 0 Å². The molecule has 0 aliphatic carbocycles. The van der Waals surface area contributed by atoms with E-state index in [1.807, 2.05) is 0 Å². The molecule has 0 amide bonds. The van der Waals surface area contributed by atoms with Crippen LogP contribution in [-0.4, -0.2) is 6.71 Å². The van der Waals surface area contributed by atoms with E-state index in [-0.39, 0.29) is 0 Å². The van der Waals surface area contributed by atoms with Crippen LogP contribution in [0.4, 0.5) is 0 Å². The highest BCUT2D eigenvalue weighted by Gasteiger charge is 2.20. The minimum absolute atomic E-state index is 0.861. The summed E-state index contributed by atoms with van der Waals surface area (Å²) in [6.07, 6.45) is 2.67. The van der Waals surface area contributed by atoms with E-state index in [1.165, 1.54) is 12.7 Å². The van der Waals surface area contributed by atoms with Crippen LogP contribution in [0.25, 0.3) is 0 Å². The van der Waals surface area contributed by atoms with Crippen molar-refractivity contribution >= 4 is 6.71 Å². The van der Waals surface area contributed by atoms with Crippen molar-refractivity contribution in [3.05, 3.63) is 0 Å². The molecule has 0 bridgehead atoms. The summed E-state index contributed by atoms with van der Waals surface area (Å²) in [6.45, 7) is 12.6. The molecule has 0 aliphatic heterocycles. The first-order chi connectivity index (χ1) is 4.63. The Hall–Kier alpha value is 0.0649. The molecule has 0 radical (unpaired) electrons. The van der Waals surface area contributed by atoms with Crippen molar-refractivity contribution in [3.63, 3.8) is 0 Å². The Balaban J connectivity index is 3.80. The molecule has 0 aromatic heterocycles. The lowest BCUT2D eigenvalue weighted by molar-refractivity contribution is 0.817. The van der Waals surface area contributed by atoms with E-state index in [2.05, 4.69) is 34.6 Å². The Morgan fingerprint density at radius 3 is 1.70 bits per heavy atom. The number of hydrogen-bond donors (Lipinski definition) is 0. The summed E-state index contributed by atoms with van der Waals surface area (Å²) >= 11 is 0. The minimum Gasteiger partial charge on any atom is -0.0766 e. The molecule has 0 aliphatic rings. The molecule has 1 unspecified atom stereocenters. The predicted octanol–water partition coefficient (Wildman–Crippen LogP) is 3.71. The second kappa shape index (κ2) is 4.82. The van der Waals surface area contributed by atoms with E-state index < -0.39 is 0 Å². The van der Waals surface area contributed by atoms with Gasteiger partial charge in [-0.05, 0) is 0 Å². The summed E-state index contributed by atoms with van der Waals surface area (Å²) in [5, 5.41) is 0. The highest BCUT2D eigenvalue weighted by atomic mass is 14.0. The molecule has 0 saturated heterocycles. The fourth-order valence-electron chi connectivity index (χ4n) is 1.83. The van der Waals surface area contributed by atoms with Crippen molar-refractivity contribution in [2.24, 2.45) is 0 Å². The quantitative estimate of drug-likeness (QED) is 0.522. The Labute approximate surface area is 66.5 Å². The molecule has 0 N–H and O–H groups in total. The lowest BCUT2D eigenvalue weighted by Gasteiger charge is -2.21. The monoisotopic (exact) mass is 140 g/mol. The summed E-state index contributed by atoms with van der Waals surface area (Å²) in [4.78, 5) is 0. The number of rotatable bonds is 4. The molecule has 0 saturated carbocycles. The van der Waals surface area contributed by atoms with Gasteiger partial charge in [0.05, 0.1) is 0 Å². The van der Waals surface area contributed by atoms with Gasteiger partial charge in [0.15, 0.2) is 0 Å². The maximum absolute atomic E-state index is 2.37. The normalized spacial score (nSPS) is 13.8. The zero-order valence-corrected chi connectivity index (χ0v) is 8.15. The molecular weight excluding hydrogens is 119 g/mol. The van der Waals surface area contributed by atoms with Crippen LogP contribution in [0.3, 0.4) is 0 Å².